The van der Waals surface area contributed by atoms with Crippen LogP contribution in [0.2, 0.25) is 0 Å². The fourth-order valence-electron chi connectivity index (χ4n) is 2.64. The molecule has 114 valence electrons. The maximum Gasteiger partial charge on any atom is 0.321 e. The summed E-state index contributed by atoms with van der Waals surface area (Å²) in [5.74, 6) is -1.28. The summed E-state index contributed by atoms with van der Waals surface area (Å²) in [5, 5.41) is 21.4. The maximum absolute atomic E-state index is 12.1. The molecule has 0 spiro atoms. The molecule has 21 heavy (non-hydrogen) atoms. The topological polar surface area (TPSA) is 89.9 Å². The fraction of sp³-hybridized carbons (Fsp3) is 0.467. The first kappa shape index (κ1) is 15.5. The van der Waals surface area contributed by atoms with E-state index in [0.29, 0.717) is 0 Å². The fourth-order valence-corrected chi connectivity index (χ4v) is 2.64. The number of β-amino-alcohol motifs (C(OH)–C–C–N with tert-alkyl or cyclic N) is 1. The monoisotopic (exact) mass is 292 g/mol. The third kappa shape index (κ3) is 3.80. The van der Waals surface area contributed by atoms with E-state index in [1.54, 1.807) is 0 Å². The largest absolute Gasteiger partial charge is 0.480 e. The minimum Gasteiger partial charge on any atom is -0.480 e. The Bertz CT molecular complexity index is 559. The number of carbonyl (C=O) groups excluding carboxylic acids is 1. The lowest BCUT2D eigenvalue weighted by Gasteiger charge is -2.20. The molecule has 6 heteroatoms. The normalized spacial score (nSPS) is 22.2. The van der Waals surface area contributed by atoms with Crippen molar-refractivity contribution in [3.8, 4) is 0 Å². The molecule has 3 N–H and O–H groups in total. The van der Waals surface area contributed by atoms with Crippen molar-refractivity contribution in [1.29, 1.82) is 0 Å². The van der Waals surface area contributed by atoms with E-state index in [1.807, 2.05) is 32.0 Å². The van der Waals surface area contributed by atoms with E-state index >= 15 is 0 Å². The molecular weight excluding hydrogens is 272 g/mol. The van der Waals surface area contributed by atoms with Gasteiger partial charge in [-0.1, -0.05) is 17.7 Å². The number of hydrogen-bond acceptors (Lipinski definition) is 4. The zero-order valence-corrected chi connectivity index (χ0v) is 12.2. The first-order valence-corrected chi connectivity index (χ1v) is 6.89. The van der Waals surface area contributed by atoms with Crippen molar-refractivity contribution >= 4 is 17.6 Å². The summed E-state index contributed by atoms with van der Waals surface area (Å²) in [6.07, 6.45) is -0.536. The number of carboxylic acid groups (broad SMARTS) is 1. The van der Waals surface area contributed by atoms with E-state index in [4.69, 9.17) is 5.11 Å². The van der Waals surface area contributed by atoms with Crippen LogP contribution in [0.3, 0.4) is 0 Å². The number of nitrogens with zero attached hydrogens (tertiary/aromatic N) is 1. The van der Waals surface area contributed by atoms with Crippen LogP contribution >= 0.6 is 0 Å². The summed E-state index contributed by atoms with van der Waals surface area (Å²) < 4.78 is 0. The lowest BCUT2D eigenvalue weighted by atomic mass is 10.1. The van der Waals surface area contributed by atoms with Crippen molar-refractivity contribution in [3.63, 3.8) is 0 Å². The number of carbonyl (C=O) groups is 2. The van der Waals surface area contributed by atoms with E-state index in [9.17, 15) is 14.7 Å². The van der Waals surface area contributed by atoms with Gasteiger partial charge in [-0.2, -0.15) is 0 Å². The number of nitrogens with one attached hydrogen (secondary N) is 1. The number of aliphatic carboxylic acids is 1. The first-order valence-electron chi connectivity index (χ1n) is 6.89. The molecule has 0 aromatic heterocycles. The molecule has 0 radical (unpaired) electrons. The van der Waals surface area contributed by atoms with E-state index < -0.39 is 18.1 Å². The highest BCUT2D eigenvalue weighted by Gasteiger charge is 2.36. The number of aliphatic hydroxyl groups excluding tert-OH is 1. The van der Waals surface area contributed by atoms with Gasteiger partial charge in [-0.15, -0.1) is 0 Å². The van der Waals surface area contributed by atoms with Crippen molar-refractivity contribution < 1.29 is 19.8 Å². The molecule has 1 saturated heterocycles. The molecule has 2 unspecified atom stereocenters. The van der Waals surface area contributed by atoms with Crippen LogP contribution in [0.25, 0.3) is 0 Å². The number of aryl methyl sites for hydroxylation is 2. The van der Waals surface area contributed by atoms with Crippen molar-refractivity contribution in [2.45, 2.75) is 32.4 Å². The number of carboxylic acids is 1. The predicted octanol–water partition coefficient (Wildman–Crippen LogP) is 0.762. The molecule has 1 amide bonds. The summed E-state index contributed by atoms with van der Waals surface area (Å²) in [7, 11) is 0. The summed E-state index contributed by atoms with van der Waals surface area (Å²) >= 11 is 0. The van der Waals surface area contributed by atoms with Gasteiger partial charge in [-0.3, -0.25) is 14.5 Å². The van der Waals surface area contributed by atoms with Gasteiger partial charge in [0, 0.05) is 18.7 Å². The third-order valence-electron chi connectivity index (χ3n) is 3.67. The van der Waals surface area contributed by atoms with Crippen LogP contribution in [0.15, 0.2) is 18.2 Å². The molecule has 0 aliphatic carbocycles. The van der Waals surface area contributed by atoms with Gasteiger partial charge in [0.2, 0.25) is 5.91 Å². The molecule has 6 nitrogen and oxygen atoms in total. The molecule has 1 aromatic rings. The third-order valence-corrected chi connectivity index (χ3v) is 3.67. The highest BCUT2D eigenvalue weighted by atomic mass is 16.4. The van der Waals surface area contributed by atoms with Crippen LogP contribution in [0.1, 0.15) is 17.5 Å². The van der Waals surface area contributed by atoms with Gasteiger partial charge in [-0.05, 0) is 25.5 Å². The van der Waals surface area contributed by atoms with E-state index in [0.717, 1.165) is 16.8 Å². The van der Waals surface area contributed by atoms with Crippen LogP contribution in [0, 0.1) is 13.8 Å². The van der Waals surface area contributed by atoms with Crippen LogP contribution in [0.5, 0.6) is 0 Å². The van der Waals surface area contributed by atoms with Gasteiger partial charge in [0.25, 0.3) is 0 Å². The molecule has 1 aliphatic heterocycles. The number of likely N-dealkylation sites (tertiary alicyclic amines) is 1. The van der Waals surface area contributed by atoms with Gasteiger partial charge < -0.3 is 15.5 Å². The van der Waals surface area contributed by atoms with Gasteiger partial charge in [0.1, 0.15) is 6.04 Å². The Morgan fingerprint density at radius 3 is 2.71 bits per heavy atom. The summed E-state index contributed by atoms with van der Waals surface area (Å²) in [5.41, 5.74) is 2.79. The zero-order chi connectivity index (χ0) is 15.6. The van der Waals surface area contributed by atoms with E-state index in [2.05, 4.69) is 5.32 Å². The van der Waals surface area contributed by atoms with Crippen molar-refractivity contribution in [2.75, 3.05) is 18.4 Å². The minimum atomic E-state index is -1.01. The van der Waals surface area contributed by atoms with Crippen molar-refractivity contribution in [3.05, 3.63) is 29.3 Å². The Morgan fingerprint density at radius 1 is 1.38 bits per heavy atom. The van der Waals surface area contributed by atoms with Crippen LogP contribution < -0.4 is 5.32 Å². The lowest BCUT2D eigenvalue weighted by Crippen LogP contribution is -2.41. The van der Waals surface area contributed by atoms with Gasteiger partial charge in [-0.25, -0.2) is 0 Å². The second-order valence-electron chi connectivity index (χ2n) is 5.54. The van der Waals surface area contributed by atoms with Gasteiger partial charge in [0.15, 0.2) is 0 Å². The highest BCUT2D eigenvalue weighted by Crippen LogP contribution is 2.19. The summed E-state index contributed by atoms with van der Waals surface area (Å²) in [6.45, 7) is 4.04. The number of benzene rings is 1. The molecular formula is C15H20N2O4. The first-order chi connectivity index (χ1) is 9.86. The minimum absolute atomic E-state index is 0.0403. The number of rotatable bonds is 4. The SMILES string of the molecule is Cc1ccc(NC(=O)CN2CC(O)CC2C(=O)O)c(C)c1. The Kier molecular flexibility index (Phi) is 4.59. The van der Waals surface area contributed by atoms with Crippen molar-refractivity contribution in [2.24, 2.45) is 0 Å². The number of amides is 1. The van der Waals surface area contributed by atoms with E-state index in [-0.39, 0.29) is 25.4 Å². The second-order valence-corrected chi connectivity index (χ2v) is 5.54. The number of anilines is 1. The summed E-state index contributed by atoms with van der Waals surface area (Å²) in [4.78, 5) is 24.6. The Labute approximate surface area is 123 Å². The summed E-state index contributed by atoms with van der Waals surface area (Å²) in [6, 6.07) is 4.90. The predicted molar refractivity (Wildman–Crippen MR) is 78.2 cm³/mol. The lowest BCUT2D eigenvalue weighted by molar-refractivity contribution is -0.142. The molecule has 0 bridgehead atoms. The van der Waals surface area contributed by atoms with Gasteiger partial charge in [0.05, 0.1) is 12.6 Å². The molecule has 1 aliphatic rings. The Morgan fingerprint density at radius 2 is 2.10 bits per heavy atom. The average molecular weight is 292 g/mol. The average Bonchev–Trinajstić information content (AvgIpc) is 2.74. The number of aliphatic hydroxyl groups is 1. The van der Waals surface area contributed by atoms with Crippen LogP contribution in [-0.4, -0.2) is 52.2 Å². The van der Waals surface area contributed by atoms with Gasteiger partial charge >= 0.3 is 5.97 Å². The molecule has 1 heterocycles. The number of hydrogen-bond donors (Lipinski definition) is 3. The Hall–Kier alpha value is -1.92. The standard InChI is InChI=1S/C15H20N2O4/c1-9-3-4-12(10(2)5-9)16-14(19)8-17-7-11(18)6-13(17)15(20)21/h3-5,11,13,18H,6-8H2,1-2H3,(H,16,19)(H,20,21). The molecule has 1 fully saturated rings. The second kappa shape index (κ2) is 6.24. The molecule has 0 saturated carbocycles. The van der Waals surface area contributed by atoms with E-state index in [1.165, 1.54) is 4.90 Å². The highest BCUT2D eigenvalue weighted by molar-refractivity contribution is 5.93. The van der Waals surface area contributed by atoms with Crippen LogP contribution in [0.4, 0.5) is 5.69 Å². The smallest absolute Gasteiger partial charge is 0.321 e. The molecule has 2 atom stereocenters. The molecule has 2 rings (SSSR count). The molecule has 1 aromatic carbocycles. The maximum atomic E-state index is 12.1. The van der Waals surface area contributed by atoms with Crippen LogP contribution in [-0.2, 0) is 9.59 Å². The van der Waals surface area contributed by atoms with Crippen molar-refractivity contribution in [1.82, 2.24) is 4.90 Å². The zero-order valence-electron chi connectivity index (χ0n) is 12.2. The quantitative estimate of drug-likeness (QED) is 0.762. The Balaban J connectivity index is 1.99.